The van der Waals surface area contributed by atoms with Crippen molar-refractivity contribution in [2.45, 2.75) is 18.2 Å². The zero-order chi connectivity index (χ0) is 14.4. The number of hydrogen-bond acceptors (Lipinski definition) is 3. The molecule has 0 aliphatic carbocycles. The lowest BCUT2D eigenvalue weighted by Crippen LogP contribution is -2.20. The van der Waals surface area contributed by atoms with Crippen LogP contribution in [0.5, 0.6) is 0 Å². The van der Waals surface area contributed by atoms with E-state index < -0.39 is 10.0 Å². The fourth-order valence-corrected chi connectivity index (χ4v) is 2.60. The van der Waals surface area contributed by atoms with Gasteiger partial charge in [-0.3, -0.25) is 0 Å². The molecule has 0 aliphatic heterocycles. The third kappa shape index (κ3) is 3.45. The van der Waals surface area contributed by atoms with Crippen LogP contribution in [0.1, 0.15) is 18.9 Å². The second-order valence-electron chi connectivity index (χ2n) is 4.19. The van der Waals surface area contributed by atoms with Crippen molar-refractivity contribution in [3.63, 3.8) is 0 Å². The number of nitrogens with one attached hydrogen (secondary N) is 1. The van der Waals surface area contributed by atoms with E-state index in [1.165, 1.54) is 12.1 Å². The fraction of sp³-hybridized carbons (Fsp3) is 0.133. The molecular weight excluding hydrogens is 272 g/mol. The van der Waals surface area contributed by atoms with Crippen molar-refractivity contribution < 1.29 is 8.42 Å². The molecule has 0 fully saturated rings. The van der Waals surface area contributed by atoms with Crippen molar-refractivity contribution in [3.05, 3.63) is 66.2 Å². The van der Waals surface area contributed by atoms with Crippen LogP contribution in [-0.4, -0.2) is 14.1 Å². The van der Waals surface area contributed by atoms with Crippen LogP contribution >= 0.6 is 0 Å². The fourth-order valence-electron chi connectivity index (χ4n) is 1.75. The van der Waals surface area contributed by atoms with Crippen molar-refractivity contribution in [3.8, 4) is 0 Å². The number of hydrogen-bond donors (Lipinski definition) is 1. The quantitative estimate of drug-likeness (QED) is 0.679. The predicted molar refractivity (Wildman–Crippen MR) is 80.0 cm³/mol. The Morgan fingerprint density at radius 3 is 2.10 bits per heavy atom. The molecule has 2 aromatic rings. The lowest BCUT2D eigenvalue weighted by Gasteiger charge is -2.06. The second-order valence-corrected chi connectivity index (χ2v) is 5.85. The molecule has 0 saturated carbocycles. The molecule has 0 aromatic heterocycles. The van der Waals surface area contributed by atoms with E-state index in [9.17, 15) is 8.42 Å². The van der Waals surface area contributed by atoms with Crippen molar-refractivity contribution in [2.24, 2.45) is 5.10 Å². The summed E-state index contributed by atoms with van der Waals surface area (Å²) < 4.78 is 24.1. The van der Waals surface area contributed by atoms with Crippen LogP contribution in [0.2, 0.25) is 0 Å². The summed E-state index contributed by atoms with van der Waals surface area (Å²) in [6.07, 6.45) is 0.640. The Hall–Kier alpha value is -2.14. The predicted octanol–water partition coefficient (Wildman–Crippen LogP) is 2.78. The van der Waals surface area contributed by atoms with E-state index in [1.54, 1.807) is 18.2 Å². The van der Waals surface area contributed by atoms with Crippen LogP contribution < -0.4 is 4.83 Å². The average Bonchev–Trinajstić information content (AvgIpc) is 2.50. The maximum Gasteiger partial charge on any atom is 0.276 e. The normalized spacial score (nSPS) is 12.2. The van der Waals surface area contributed by atoms with Crippen molar-refractivity contribution in [1.29, 1.82) is 0 Å². The monoisotopic (exact) mass is 288 g/mol. The van der Waals surface area contributed by atoms with Gasteiger partial charge < -0.3 is 0 Å². The van der Waals surface area contributed by atoms with E-state index in [2.05, 4.69) is 9.93 Å². The number of sulfonamides is 1. The summed E-state index contributed by atoms with van der Waals surface area (Å²) in [5.74, 6) is 0. The summed E-state index contributed by atoms with van der Waals surface area (Å²) in [6, 6.07) is 17.7. The molecule has 4 nitrogen and oxygen atoms in total. The third-order valence-corrected chi connectivity index (χ3v) is 4.02. The minimum absolute atomic E-state index is 0.201. The summed E-state index contributed by atoms with van der Waals surface area (Å²) in [7, 11) is -3.61. The van der Waals surface area contributed by atoms with Gasteiger partial charge in [0.15, 0.2) is 0 Å². The van der Waals surface area contributed by atoms with Crippen molar-refractivity contribution in [2.75, 3.05) is 0 Å². The highest BCUT2D eigenvalue weighted by Gasteiger charge is 2.12. The Bertz CT molecular complexity index is 680. The van der Waals surface area contributed by atoms with Gasteiger partial charge in [0.25, 0.3) is 10.0 Å². The molecule has 0 radical (unpaired) electrons. The minimum Gasteiger partial charge on any atom is -0.200 e. The van der Waals surface area contributed by atoms with Crippen LogP contribution in [0, 0.1) is 0 Å². The number of rotatable bonds is 5. The molecule has 0 heterocycles. The SMILES string of the molecule is CC/C(=N\NS(=O)(=O)c1ccccc1)c1ccccc1. The van der Waals surface area contributed by atoms with Crippen LogP contribution in [0.15, 0.2) is 70.7 Å². The molecule has 1 N–H and O–H groups in total. The molecule has 0 unspecified atom stereocenters. The minimum atomic E-state index is -3.61. The van der Waals surface area contributed by atoms with E-state index in [4.69, 9.17) is 0 Å². The summed E-state index contributed by atoms with van der Waals surface area (Å²) in [4.78, 5) is 2.49. The molecule has 0 saturated heterocycles. The molecule has 0 amide bonds. The Labute approximate surface area is 119 Å². The Kier molecular flexibility index (Phi) is 4.53. The molecule has 104 valence electrons. The highest BCUT2D eigenvalue weighted by atomic mass is 32.2. The Balaban J connectivity index is 2.23. The van der Waals surface area contributed by atoms with Gasteiger partial charge in [-0.1, -0.05) is 55.5 Å². The van der Waals surface area contributed by atoms with Gasteiger partial charge >= 0.3 is 0 Å². The smallest absolute Gasteiger partial charge is 0.200 e. The second kappa shape index (κ2) is 6.34. The van der Waals surface area contributed by atoms with Gasteiger partial charge in [-0.15, -0.1) is 0 Å². The zero-order valence-corrected chi connectivity index (χ0v) is 12.0. The molecule has 0 aliphatic rings. The first kappa shape index (κ1) is 14.3. The summed E-state index contributed by atoms with van der Waals surface area (Å²) in [5.41, 5.74) is 1.61. The standard InChI is InChI=1S/C15H16N2O2S/c1-2-15(13-9-5-3-6-10-13)16-17-20(18,19)14-11-7-4-8-12-14/h3-12,17H,2H2,1H3/b16-15+. The van der Waals surface area contributed by atoms with Crippen LogP contribution in [0.25, 0.3) is 0 Å². The van der Waals surface area contributed by atoms with E-state index in [0.717, 1.165) is 5.56 Å². The van der Waals surface area contributed by atoms with E-state index in [-0.39, 0.29) is 4.90 Å². The molecule has 0 bridgehead atoms. The summed E-state index contributed by atoms with van der Waals surface area (Å²) >= 11 is 0. The maximum absolute atomic E-state index is 12.1. The van der Waals surface area contributed by atoms with E-state index in [1.807, 2.05) is 37.3 Å². The maximum atomic E-state index is 12.1. The van der Waals surface area contributed by atoms with Gasteiger partial charge in [0.2, 0.25) is 0 Å². The third-order valence-electron chi connectivity index (χ3n) is 2.80. The first-order valence-electron chi connectivity index (χ1n) is 6.32. The Morgan fingerprint density at radius 1 is 1.00 bits per heavy atom. The summed E-state index contributed by atoms with van der Waals surface area (Å²) in [5, 5.41) is 4.04. The van der Waals surface area contributed by atoms with Crippen LogP contribution in [0.3, 0.4) is 0 Å². The first-order valence-corrected chi connectivity index (χ1v) is 7.80. The van der Waals surface area contributed by atoms with Gasteiger partial charge in [-0.25, -0.2) is 0 Å². The largest absolute Gasteiger partial charge is 0.276 e. The van der Waals surface area contributed by atoms with Crippen LogP contribution in [-0.2, 0) is 10.0 Å². The van der Waals surface area contributed by atoms with E-state index >= 15 is 0 Å². The van der Waals surface area contributed by atoms with Gasteiger partial charge in [-0.2, -0.15) is 18.4 Å². The lowest BCUT2D eigenvalue weighted by molar-refractivity contribution is 0.584. The van der Waals surface area contributed by atoms with Gasteiger partial charge in [-0.05, 0) is 24.1 Å². The first-order chi connectivity index (χ1) is 9.63. The van der Waals surface area contributed by atoms with Crippen LogP contribution in [0.4, 0.5) is 0 Å². The highest BCUT2D eigenvalue weighted by Crippen LogP contribution is 2.08. The van der Waals surface area contributed by atoms with Crippen molar-refractivity contribution >= 4 is 15.7 Å². The average molecular weight is 288 g/mol. The lowest BCUT2D eigenvalue weighted by atomic mass is 10.1. The van der Waals surface area contributed by atoms with Gasteiger partial charge in [0, 0.05) is 0 Å². The zero-order valence-electron chi connectivity index (χ0n) is 11.2. The number of benzene rings is 2. The Morgan fingerprint density at radius 2 is 1.55 bits per heavy atom. The molecule has 20 heavy (non-hydrogen) atoms. The number of nitrogens with zero attached hydrogens (tertiary/aromatic N) is 1. The van der Waals surface area contributed by atoms with Gasteiger partial charge in [0.05, 0.1) is 10.6 Å². The topological polar surface area (TPSA) is 58.5 Å². The molecule has 2 rings (SSSR count). The molecular formula is C15H16N2O2S. The van der Waals surface area contributed by atoms with Gasteiger partial charge in [0.1, 0.15) is 0 Å². The molecule has 5 heteroatoms. The summed E-state index contributed by atoms with van der Waals surface area (Å²) in [6.45, 7) is 1.93. The molecule has 0 atom stereocenters. The van der Waals surface area contributed by atoms with Crippen molar-refractivity contribution in [1.82, 2.24) is 4.83 Å². The number of hydrazone groups is 1. The molecule has 2 aromatic carbocycles. The molecule has 0 spiro atoms. The highest BCUT2D eigenvalue weighted by molar-refractivity contribution is 7.89. The van der Waals surface area contributed by atoms with E-state index in [0.29, 0.717) is 12.1 Å².